The number of hydrogen-bond donors (Lipinski definition) is 1. The minimum absolute atomic E-state index is 0.270. The predicted molar refractivity (Wildman–Crippen MR) is 101 cm³/mol. The number of carbonyl (C=O) groups excluding carboxylic acids is 1. The zero-order chi connectivity index (χ0) is 18.0. The topological polar surface area (TPSA) is 64.1 Å². The zero-order valence-electron chi connectivity index (χ0n) is 14.0. The fourth-order valence-electron chi connectivity index (χ4n) is 2.60. The summed E-state index contributed by atoms with van der Waals surface area (Å²) in [7, 11) is 1.65. The van der Waals surface area contributed by atoms with E-state index >= 15 is 0 Å². The van der Waals surface area contributed by atoms with Gasteiger partial charge in [0.2, 0.25) is 0 Å². The number of thiazole rings is 1. The van der Waals surface area contributed by atoms with Gasteiger partial charge in [-0.1, -0.05) is 11.6 Å². The zero-order valence-corrected chi connectivity index (χ0v) is 15.5. The number of nitrogens with one attached hydrogen (secondary N) is 1. The molecule has 0 unspecified atom stereocenters. The lowest BCUT2D eigenvalue weighted by Gasteiger charge is -2.10. The van der Waals surface area contributed by atoms with Gasteiger partial charge in [-0.25, -0.2) is 9.97 Å². The molecule has 0 aliphatic carbocycles. The molecule has 3 rings (SSSR count). The van der Waals surface area contributed by atoms with Gasteiger partial charge < -0.3 is 4.74 Å². The molecule has 0 aliphatic rings. The van der Waals surface area contributed by atoms with Crippen molar-refractivity contribution in [1.82, 2.24) is 9.97 Å². The molecule has 1 aromatic carbocycles. The number of benzene rings is 1. The average molecular weight is 374 g/mol. The number of nitrogens with zero attached hydrogens (tertiary/aromatic N) is 2. The number of anilines is 1. The van der Waals surface area contributed by atoms with Crippen molar-refractivity contribution >= 4 is 34.0 Å². The number of rotatable bonds is 4. The standard InChI is InChI=1S/C18H16ClN3O2S/c1-10-6-13(24-3)7-11(2)16(10)14-9-25-18(21-14)22-17(23)12-4-5-20-15(19)8-12/h4-9H,1-3H3,(H,21,22,23). The van der Waals surface area contributed by atoms with Gasteiger partial charge in [-0.2, -0.15) is 0 Å². The van der Waals surface area contributed by atoms with E-state index in [1.807, 2.05) is 31.4 Å². The van der Waals surface area contributed by atoms with Crippen LogP contribution in [0, 0.1) is 13.8 Å². The van der Waals surface area contributed by atoms with E-state index in [2.05, 4.69) is 15.3 Å². The minimum Gasteiger partial charge on any atom is -0.497 e. The number of hydrogen-bond acceptors (Lipinski definition) is 5. The molecule has 0 spiro atoms. The summed E-state index contributed by atoms with van der Waals surface area (Å²) in [6.07, 6.45) is 1.49. The summed E-state index contributed by atoms with van der Waals surface area (Å²) >= 11 is 7.20. The number of carbonyl (C=O) groups is 1. The van der Waals surface area contributed by atoms with Crippen molar-refractivity contribution in [2.45, 2.75) is 13.8 Å². The van der Waals surface area contributed by atoms with Crippen LogP contribution >= 0.6 is 22.9 Å². The van der Waals surface area contributed by atoms with Crippen LogP contribution in [0.5, 0.6) is 5.75 Å². The molecule has 0 saturated carbocycles. The van der Waals surface area contributed by atoms with E-state index in [0.717, 1.165) is 28.1 Å². The highest BCUT2D eigenvalue weighted by atomic mass is 35.5. The lowest BCUT2D eigenvalue weighted by molar-refractivity contribution is 0.102. The third-order valence-electron chi connectivity index (χ3n) is 3.71. The molecule has 1 amide bonds. The third-order valence-corrected chi connectivity index (χ3v) is 4.68. The molecule has 7 heteroatoms. The molecule has 0 saturated heterocycles. The Morgan fingerprint density at radius 2 is 1.96 bits per heavy atom. The van der Waals surface area contributed by atoms with Gasteiger partial charge in [0.1, 0.15) is 10.9 Å². The van der Waals surface area contributed by atoms with Crippen molar-refractivity contribution in [3.05, 3.63) is 57.7 Å². The van der Waals surface area contributed by atoms with Crippen LogP contribution < -0.4 is 10.1 Å². The first-order chi connectivity index (χ1) is 12.0. The molecule has 25 heavy (non-hydrogen) atoms. The summed E-state index contributed by atoms with van der Waals surface area (Å²) in [5, 5.41) is 5.53. The molecule has 1 N–H and O–H groups in total. The van der Waals surface area contributed by atoms with E-state index < -0.39 is 0 Å². The maximum Gasteiger partial charge on any atom is 0.257 e. The Morgan fingerprint density at radius 3 is 2.60 bits per heavy atom. The Bertz CT molecular complexity index is 917. The van der Waals surface area contributed by atoms with Gasteiger partial charge in [0.05, 0.1) is 12.8 Å². The number of ether oxygens (including phenoxy) is 1. The second-order valence-corrected chi connectivity index (χ2v) is 6.74. The summed E-state index contributed by atoms with van der Waals surface area (Å²) < 4.78 is 5.29. The lowest BCUT2D eigenvalue weighted by Crippen LogP contribution is -2.11. The summed E-state index contributed by atoms with van der Waals surface area (Å²) in [5.74, 6) is 0.547. The molecule has 0 aliphatic heterocycles. The van der Waals surface area contributed by atoms with E-state index in [1.54, 1.807) is 13.2 Å². The molecule has 0 radical (unpaired) electrons. The van der Waals surface area contributed by atoms with Crippen LogP contribution in [-0.4, -0.2) is 23.0 Å². The van der Waals surface area contributed by atoms with Gasteiger partial charge in [-0.05, 0) is 49.2 Å². The van der Waals surface area contributed by atoms with E-state index in [1.165, 1.54) is 23.6 Å². The number of aryl methyl sites for hydroxylation is 2. The Labute approximate surface area is 154 Å². The van der Waals surface area contributed by atoms with Gasteiger partial charge in [0, 0.05) is 22.7 Å². The first-order valence-electron chi connectivity index (χ1n) is 7.52. The lowest BCUT2D eigenvalue weighted by atomic mass is 10.0. The highest BCUT2D eigenvalue weighted by molar-refractivity contribution is 7.14. The molecule has 2 aromatic heterocycles. The molecule has 0 bridgehead atoms. The number of halogens is 1. The van der Waals surface area contributed by atoms with Crippen LogP contribution in [0.15, 0.2) is 35.8 Å². The molecule has 3 aromatic rings. The Balaban J connectivity index is 1.85. The molecule has 5 nitrogen and oxygen atoms in total. The molecular weight excluding hydrogens is 358 g/mol. The highest BCUT2D eigenvalue weighted by Gasteiger charge is 2.14. The van der Waals surface area contributed by atoms with Crippen LogP contribution in [0.1, 0.15) is 21.5 Å². The predicted octanol–water partition coefficient (Wildman–Crippen LogP) is 4.74. The van der Waals surface area contributed by atoms with Gasteiger partial charge in [-0.3, -0.25) is 10.1 Å². The first kappa shape index (κ1) is 17.4. The SMILES string of the molecule is COc1cc(C)c(-c2csc(NC(=O)c3ccnc(Cl)c3)n2)c(C)c1. The second-order valence-electron chi connectivity index (χ2n) is 5.50. The molecule has 2 heterocycles. The van der Waals surface area contributed by atoms with Crippen LogP contribution in [0.2, 0.25) is 5.15 Å². The first-order valence-corrected chi connectivity index (χ1v) is 8.77. The van der Waals surface area contributed by atoms with Crippen molar-refractivity contribution in [3.63, 3.8) is 0 Å². The van der Waals surface area contributed by atoms with E-state index in [4.69, 9.17) is 16.3 Å². The van der Waals surface area contributed by atoms with E-state index in [0.29, 0.717) is 10.7 Å². The minimum atomic E-state index is -0.270. The van der Waals surface area contributed by atoms with Crippen molar-refractivity contribution in [1.29, 1.82) is 0 Å². The van der Waals surface area contributed by atoms with Crippen LogP contribution in [0.25, 0.3) is 11.3 Å². The molecule has 0 atom stereocenters. The Kier molecular flexibility index (Phi) is 5.01. The van der Waals surface area contributed by atoms with Crippen LogP contribution in [0.3, 0.4) is 0 Å². The maximum absolute atomic E-state index is 12.3. The van der Waals surface area contributed by atoms with E-state index in [-0.39, 0.29) is 11.1 Å². The highest BCUT2D eigenvalue weighted by Crippen LogP contribution is 2.33. The largest absolute Gasteiger partial charge is 0.497 e. The molecule has 0 fully saturated rings. The monoisotopic (exact) mass is 373 g/mol. The Morgan fingerprint density at radius 1 is 1.24 bits per heavy atom. The smallest absolute Gasteiger partial charge is 0.257 e. The summed E-state index contributed by atoms with van der Waals surface area (Å²) in [4.78, 5) is 20.7. The van der Waals surface area contributed by atoms with Crippen LogP contribution in [-0.2, 0) is 0 Å². The summed E-state index contributed by atoms with van der Waals surface area (Å²) in [5.41, 5.74) is 4.45. The van der Waals surface area contributed by atoms with Crippen molar-refractivity contribution in [2.24, 2.45) is 0 Å². The fourth-order valence-corrected chi connectivity index (χ4v) is 3.48. The average Bonchev–Trinajstić information content (AvgIpc) is 3.02. The normalized spacial score (nSPS) is 10.6. The number of amides is 1. The molecular formula is C18H16ClN3O2S. The Hall–Kier alpha value is -2.44. The molecule has 128 valence electrons. The fraction of sp³-hybridized carbons (Fsp3) is 0.167. The second kappa shape index (κ2) is 7.21. The van der Waals surface area contributed by atoms with Crippen molar-refractivity contribution < 1.29 is 9.53 Å². The van der Waals surface area contributed by atoms with Gasteiger partial charge in [-0.15, -0.1) is 11.3 Å². The van der Waals surface area contributed by atoms with Gasteiger partial charge in [0.15, 0.2) is 5.13 Å². The van der Waals surface area contributed by atoms with E-state index in [9.17, 15) is 4.79 Å². The number of pyridine rings is 1. The van der Waals surface area contributed by atoms with Gasteiger partial charge >= 0.3 is 0 Å². The number of aromatic nitrogens is 2. The maximum atomic E-state index is 12.3. The van der Waals surface area contributed by atoms with Crippen LogP contribution in [0.4, 0.5) is 5.13 Å². The van der Waals surface area contributed by atoms with Crippen molar-refractivity contribution in [3.8, 4) is 17.0 Å². The van der Waals surface area contributed by atoms with Crippen molar-refractivity contribution in [2.75, 3.05) is 12.4 Å². The third kappa shape index (κ3) is 3.81. The number of methoxy groups -OCH3 is 1. The summed E-state index contributed by atoms with van der Waals surface area (Å²) in [6, 6.07) is 7.06. The summed E-state index contributed by atoms with van der Waals surface area (Å²) in [6.45, 7) is 4.03. The quantitative estimate of drug-likeness (QED) is 0.671. The van der Waals surface area contributed by atoms with Gasteiger partial charge in [0.25, 0.3) is 5.91 Å².